The molecule has 5 nitrogen and oxygen atoms in total. The average molecular weight is 259 g/mol. The van der Waals surface area contributed by atoms with E-state index in [1.807, 2.05) is 24.8 Å². The fraction of sp³-hybridized carbons (Fsp3) is 0.500. The van der Waals surface area contributed by atoms with Crippen LogP contribution in [0.15, 0.2) is 31.1 Å². The Morgan fingerprint density at radius 2 is 2.00 bits per heavy atom. The number of hydrogen-bond donors (Lipinski definition) is 1. The standard InChI is InChI=1S/C14H21N5/c1-3-5-17-13(12-9-15-11-16-10-12)14-18-6-8-19(14)7-4-2/h6,8-11,13,17H,3-5,7H2,1-2H3. The molecule has 1 unspecified atom stereocenters. The topological polar surface area (TPSA) is 55.6 Å². The van der Waals surface area contributed by atoms with E-state index in [9.17, 15) is 0 Å². The zero-order valence-corrected chi connectivity index (χ0v) is 11.6. The first-order valence-electron chi connectivity index (χ1n) is 6.86. The molecule has 0 spiro atoms. The summed E-state index contributed by atoms with van der Waals surface area (Å²) in [7, 11) is 0. The lowest BCUT2D eigenvalue weighted by Crippen LogP contribution is -2.26. The summed E-state index contributed by atoms with van der Waals surface area (Å²) in [4.78, 5) is 12.7. The molecule has 0 radical (unpaired) electrons. The van der Waals surface area contributed by atoms with Crippen LogP contribution in [0.4, 0.5) is 0 Å². The lowest BCUT2D eigenvalue weighted by atomic mass is 10.1. The summed E-state index contributed by atoms with van der Waals surface area (Å²) in [6, 6.07) is 0.0581. The summed E-state index contributed by atoms with van der Waals surface area (Å²) in [5, 5.41) is 3.52. The van der Waals surface area contributed by atoms with Gasteiger partial charge < -0.3 is 9.88 Å². The van der Waals surface area contributed by atoms with Crippen molar-refractivity contribution >= 4 is 0 Å². The smallest absolute Gasteiger partial charge is 0.130 e. The molecule has 2 aromatic heterocycles. The Kier molecular flexibility index (Phi) is 5.03. The molecule has 2 heterocycles. The summed E-state index contributed by atoms with van der Waals surface area (Å²) in [6.45, 7) is 6.25. The predicted octanol–water partition coefficient (Wildman–Crippen LogP) is 2.17. The van der Waals surface area contributed by atoms with Gasteiger partial charge in [0.15, 0.2) is 0 Å². The Labute approximate surface area is 114 Å². The third kappa shape index (κ3) is 3.38. The molecule has 0 bridgehead atoms. The summed E-state index contributed by atoms with van der Waals surface area (Å²) in [5.41, 5.74) is 1.06. The van der Waals surface area contributed by atoms with Gasteiger partial charge in [-0.25, -0.2) is 15.0 Å². The van der Waals surface area contributed by atoms with Gasteiger partial charge in [0.25, 0.3) is 0 Å². The predicted molar refractivity (Wildman–Crippen MR) is 74.7 cm³/mol. The van der Waals surface area contributed by atoms with Crippen LogP contribution in [0.2, 0.25) is 0 Å². The summed E-state index contributed by atoms with van der Waals surface area (Å²) >= 11 is 0. The monoisotopic (exact) mass is 259 g/mol. The maximum atomic E-state index is 4.51. The lowest BCUT2D eigenvalue weighted by molar-refractivity contribution is 0.528. The van der Waals surface area contributed by atoms with E-state index in [-0.39, 0.29) is 6.04 Å². The average Bonchev–Trinajstić information content (AvgIpc) is 2.89. The zero-order chi connectivity index (χ0) is 13.5. The highest BCUT2D eigenvalue weighted by Gasteiger charge is 2.18. The number of aryl methyl sites for hydroxylation is 1. The van der Waals surface area contributed by atoms with Crippen molar-refractivity contribution in [3.05, 3.63) is 42.5 Å². The molecule has 0 aliphatic rings. The Hall–Kier alpha value is -1.75. The Bertz CT molecular complexity index is 480. The van der Waals surface area contributed by atoms with Gasteiger partial charge in [-0.05, 0) is 19.4 Å². The molecule has 0 aromatic carbocycles. The molecule has 0 fully saturated rings. The van der Waals surface area contributed by atoms with Crippen LogP contribution < -0.4 is 5.32 Å². The highest BCUT2D eigenvalue weighted by atomic mass is 15.1. The minimum Gasteiger partial charge on any atom is -0.333 e. The minimum absolute atomic E-state index is 0.0581. The van der Waals surface area contributed by atoms with E-state index in [0.29, 0.717) is 0 Å². The van der Waals surface area contributed by atoms with Crippen LogP contribution in [0.5, 0.6) is 0 Å². The van der Waals surface area contributed by atoms with E-state index in [2.05, 4.69) is 38.7 Å². The third-order valence-corrected chi connectivity index (χ3v) is 2.98. The van der Waals surface area contributed by atoms with Crippen molar-refractivity contribution in [2.24, 2.45) is 0 Å². The van der Waals surface area contributed by atoms with Crippen molar-refractivity contribution < 1.29 is 0 Å². The van der Waals surface area contributed by atoms with Gasteiger partial charge in [0.2, 0.25) is 0 Å². The van der Waals surface area contributed by atoms with Gasteiger partial charge in [-0.15, -0.1) is 0 Å². The lowest BCUT2D eigenvalue weighted by Gasteiger charge is -2.19. The van der Waals surface area contributed by atoms with Gasteiger partial charge in [0.05, 0.1) is 6.04 Å². The fourth-order valence-electron chi connectivity index (χ4n) is 2.12. The first-order chi connectivity index (χ1) is 9.36. The molecule has 1 N–H and O–H groups in total. The second-order valence-corrected chi connectivity index (χ2v) is 4.54. The number of rotatable bonds is 7. The van der Waals surface area contributed by atoms with E-state index in [1.165, 1.54) is 0 Å². The van der Waals surface area contributed by atoms with Crippen molar-refractivity contribution in [2.45, 2.75) is 39.3 Å². The fourth-order valence-corrected chi connectivity index (χ4v) is 2.12. The highest BCUT2D eigenvalue weighted by molar-refractivity contribution is 5.19. The number of nitrogens with zero attached hydrogens (tertiary/aromatic N) is 4. The van der Waals surface area contributed by atoms with E-state index < -0.39 is 0 Å². The van der Waals surface area contributed by atoms with Crippen LogP contribution in [-0.4, -0.2) is 26.1 Å². The first kappa shape index (κ1) is 13.7. The van der Waals surface area contributed by atoms with Gasteiger partial charge in [0, 0.05) is 36.9 Å². The number of hydrogen-bond acceptors (Lipinski definition) is 4. The molecule has 0 saturated carbocycles. The molecule has 0 aliphatic carbocycles. The van der Waals surface area contributed by atoms with E-state index in [4.69, 9.17) is 0 Å². The molecule has 102 valence electrons. The normalized spacial score (nSPS) is 12.5. The van der Waals surface area contributed by atoms with E-state index in [1.54, 1.807) is 6.33 Å². The molecule has 2 aromatic rings. The van der Waals surface area contributed by atoms with E-state index in [0.717, 1.165) is 37.3 Å². The minimum atomic E-state index is 0.0581. The number of nitrogens with one attached hydrogen (secondary N) is 1. The molecule has 0 amide bonds. The molecule has 2 rings (SSSR count). The maximum absolute atomic E-state index is 4.51. The summed E-state index contributed by atoms with van der Waals surface area (Å²) < 4.78 is 2.19. The summed E-state index contributed by atoms with van der Waals surface area (Å²) in [6.07, 6.45) is 11.3. The Balaban J connectivity index is 2.29. The molecule has 5 heteroatoms. The Morgan fingerprint density at radius 1 is 1.21 bits per heavy atom. The first-order valence-corrected chi connectivity index (χ1v) is 6.86. The second-order valence-electron chi connectivity index (χ2n) is 4.54. The Morgan fingerprint density at radius 3 is 2.68 bits per heavy atom. The van der Waals surface area contributed by atoms with Gasteiger partial charge >= 0.3 is 0 Å². The van der Waals surface area contributed by atoms with Crippen molar-refractivity contribution in [1.29, 1.82) is 0 Å². The second kappa shape index (κ2) is 6.99. The van der Waals surface area contributed by atoms with Gasteiger partial charge in [-0.2, -0.15) is 0 Å². The number of aromatic nitrogens is 4. The maximum Gasteiger partial charge on any atom is 0.130 e. The van der Waals surface area contributed by atoms with E-state index >= 15 is 0 Å². The third-order valence-electron chi connectivity index (χ3n) is 2.98. The van der Waals surface area contributed by atoms with Crippen LogP contribution in [0.1, 0.15) is 44.1 Å². The SMILES string of the molecule is CCCNC(c1cncnc1)c1nccn1CCC. The largest absolute Gasteiger partial charge is 0.333 e. The van der Waals surface area contributed by atoms with Crippen molar-refractivity contribution in [1.82, 2.24) is 24.8 Å². The van der Waals surface area contributed by atoms with Gasteiger partial charge in [0.1, 0.15) is 12.2 Å². The van der Waals surface area contributed by atoms with Gasteiger partial charge in [-0.3, -0.25) is 0 Å². The van der Waals surface area contributed by atoms with Gasteiger partial charge in [-0.1, -0.05) is 13.8 Å². The van der Waals surface area contributed by atoms with Crippen LogP contribution in [0, 0.1) is 0 Å². The number of imidazole rings is 1. The van der Waals surface area contributed by atoms with Crippen molar-refractivity contribution in [2.75, 3.05) is 6.54 Å². The van der Waals surface area contributed by atoms with Crippen LogP contribution in [0.3, 0.4) is 0 Å². The molecule has 19 heavy (non-hydrogen) atoms. The molecular weight excluding hydrogens is 238 g/mol. The zero-order valence-electron chi connectivity index (χ0n) is 11.6. The highest BCUT2D eigenvalue weighted by Crippen LogP contribution is 2.19. The molecular formula is C14H21N5. The summed E-state index contributed by atoms with van der Waals surface area (Å²) in [5.74, 6) is 1.03. The van der Waals surface area contributed by atoms with Crippen LogP contribution >= 0.6 is 0 Å². The van der Waals surface area contributed by atoms with Crippen LogP contribution in [0.25, 0.3) is 0 Å². The van der Waals surface area contributed by atoms with Crippen LogP contribution in [-0.2, 0) is 6.54 Å². The molecule has 0 saturated heterocycles. The molecule has 1 atom stereocenters. The molecule has 0 aliphatic heterocycles. The van der Waals surface area contributed by atoms with Crippen molar-refractivity contribution in [3.8, 4) is 0 Å². The quantitative estimate of drug-likeness (QED) is 0.828. The van der Waals surface area contributed by atoms with Crippen molar-refractivity contribution in [3.63, 3.8) is 0 Å².